The lowest BCUT2D eigenvalue weighted by Gasteiger charge is -2.22. The van der Waals surface area contributed by atoms with Gasteiger partial charge in [0.05, 0.1) is 0 Å². The van der Waals surface area contributed by atoms with E-state index in [9.17, 15) is 0 Å². The zero-order valence-electron chi connectivity index (χ0n) is 8.80. The average Bonchev–Trinajstić information content (AvgIpc) is 2.91. The maximum atomic E-state index is 2.40. The minimum absolute atomic E-state index is 0.668. The molecule has 0 saturated heterocycles. The molecule has 2 aliphatic rings. The Labute approximate surface area is 81.0 Å². The molecule has 0 bridgehead atoms. The van der Waals surface area contributed by atoms with Crippen LogP contribution in [-0.2, 0) is 0 Å². The number of hydrogen-bond donors (Lipinski definition) is 0. The van der Waals surface area contributed by atoms with Crippen LogP contribution < -0.4 is 0 Å². The molecule has 0 aromatic heterocycles. The predicted molar refractivity (Wildman–Crippen MR) is 57.5 cm³/mol. The van der Waals surface area contributed by atoms with E-state index in [1.165, 1.54) is 24.0 Å². The van der Waals surface area contributed by atoms with Crippen molar-refractivity contribution < 1.29 is 0 Å². The standard InChI is InChI=1S/C13H18/c1-4-11-7-9(2)8-13(10(11)3)12-5-6-12/h4,7-8,10,12H,5-6H2,1-3H3/b11-4-. The Morgan fingerprint density at radius 2 is 2.00 bits per heavy atom. The Hall–Kier alpha value is -0.780. The predicted octanol–water partition coefficient (Wildman–Crippen LogP) is 3.87. The number of allylic oxidation sites excluding steroid dienone is 6. The van der Waals surface area contributed by atoms with Crippen molar-refractivity contribution in [3.63, 3.8) is 0 Å². The van der Waals surface area contributed by atoms with E-state index in [-0.39, 0.29) is 0 Å². The summed E-state index contributed by atoms with van der Waals surface area (Å²) in [4.78, 5) is 0. The molecule has 1 atom stereocenters. The van der Waals surface area contributed by atoms with Crippen LogP contribution >= 0.6 is 0 Å². The van der Waals surface area contributed by atoms with Crippen molar-refractivity contribution in [2.45, 2.75) is 33.6 Å². The summed E-state index contributed by atoms with van der Waals surface area (Å²) in [6, 6.07) is 0. The highest BCUT2D eigenvalue weighted by Crippen LogP contribution is 2.44. The number of rotatable bonds is 1. The van der Waals surface area contributed by atoms with Gasteiger partial charge >= 0.3 is 0 Å². The Bertz CT molecular complexity index is 298. The molecule has 70 valence electrons. The first-order valence-corrected chi connectivity index (χ1v) is 5.28. The fourth-order valence-electron chi connectivity index (χ4n) is 2.23. The molecule has 1 saturated carbocycles. The van der Waals surface area contributed by atoms with Crippen molar-refractivity contribution in [1.29, 1.82) is 0 Å². The summed E-state index contributed by atoms with van der Waals surface area (Å²) >= 11 is 0. The van der Waals surface area contributed by atoms with Crippen LogP contribution in [0.4, 0.5) is 0 Å². The van der Waals surface area contributed by atoms with Crippen LogP contribution in [0.15, 0.2) is 34.9 Å². The number of hydrogen-bond acceptors (Lipinski definition) is 0. The molecule has 0 aromatic carbocycles. The highest BCUT2D eigenvalue weighted by atomic mass is 14.4. The third kappa shape index (κ3) is 1.63. The molecular formula is C13H18. The Morgan fingerprint density at radius 3 is 2.54 bits per heavy atom. The molecule has 1 fully saturated rings. The molecule has 0 spiro atoms. The molecule has 0 nitrogen and oxygen atoms in total. The van der Waals surface area contributed by atoms with E-state index in [0.717, 1.165) is 5.92 Å². The molecule has 1 unspecified atom stereocenters. The fourth-order valence-corrected chi connectivity index (χ4v) is 2.23. The highest BCUT2D eigenvalue weighted by molar-refractivity contribution is 5.43. The van der Waals surface area contributed by atoms with Gasteiger partial charge in [0.2, 0.25) is 0 Å². The lowest BCUT2D eigenvalue weighted by molar-refractivity contribution is 0.733. The summed E-state index contributed by atoms with van der Waals surface area (Å²) in [5, 5.41) is 0. The van der Waals surface area contributed by atoms with E-state index in [4.69, 9.17) is 0 Å². The van der Waals surface area contributed by atoms with Crippen molar-refractivity contribution in [2.75, 3.05) is 0 Å². The molecule has 2 aliphatic carbocycles. The van der Waals surface area contributed by atoms with Crippen LogP contribution in [0.3, 0.4) is 0 Å². The lowest BCUT2D eigenvalue weighted by Crippen LogP contribution is -2.08. The van der Waals surface area contributed by atoms with E-state index < -0.39 is 0 Å². The van der Waals surface area contributed by atoms with E-state index in [1.54, 1.807) is 5.57 Å². The minimum atomic E-state index is 0.668. The minimum Gasteiger partial charge on any atom is -0.0838 e. The normalized spacial score (nSPS) is 31.6. The summed E-state index contributed by atoms with van der Waals surface area (Å²) in [5.74, 6) is 1.58. The first-order valence-electron chi connectivity index (χ1n) is 5.28. The van der Waals surface area contributed by atoms with Crippen LogP contribution in [-0.4, -0.2) is 0 Å². The van der Waals surface area contributed by atoms with Crippen LogP contribution in [0.25, 0.3) is 0 Å². The Morgan fingerprint density at radius 1 is 1.31 bits per heavy atom. The summed E-state index contributed by atoms with van der Waals surface area (Å²) < 4.78 is 0. The second-order valence-corrected chi connectivity index (χ2v) is 4.32. The molecule has 0 amide bonds. The van der Waals surface area contributed by atoms with E-state index in [0.29, 0.717) is 5.92 Å². The van der Waals surface area contributed by atoms with Gasteiger partial charge in [-0.2, -0.15) is 0 Å². The van der Waals surface area contributed by atoms with Gasteiger partial charge < -0.3 is 0 Å². The monoisotopic (exact) mass is 174 g/mol. The third-order valence-electron chi connectivity index (χ3n) is 3.17. The summed E-state index contributed by atoms with van der Waals surface area (Å²) in [6.45, 7) is 6.69. The van der Waals surface area contributed by atoms with Gasteiger partial charge in [-0.15, -0.1) is 0 Å². The van der Waals surface area contributed by atoms with Crippen molar-refractivity contribution in [3.8, 4) is 0 Å². The average molecular weight is 174 g/mol. The van der Waals surface area contributed by atoms with Gasteiger partial charge in [0, 0.05) is 5.92 Å². The molecule has 0 aromatic rings. The van der Waals surface area contributed by atoms with Crippen LogP contribution in [0.5, 0.6) is 0 Å². The third-order valence-corrected chi connectivity index (χ3v) is 3.17. The first-order chi connectivity index (χ1) is 6.22. The maximum absolute atomic E-state index is 2.40. The molecule has 13 heavy (non-hydrogen) atoms. The summed E-state index contributed by atoms with van der Waals surface area (Å²) in [7, 11) is 0. The Kier molecular flexibility index (Phi) is 2.15. The van der Waals surface area contributed by atoms with Gasteiger partial charge in [0.15, 0.2) is 0 Å². The van der Waals surface area contributed by atoms with Crippen LogP contribution in [0.1, 0.15) is 33.6 Å². The highest BCUT2D eigenvalue weighted by Gasteiger charge is 2.31. The van der Waals surface area contributed by atoms with Gasteiger partial charge in [0.25, 0.3) is 0 Å². The molecule has 0 heteroatoms. The van der Waals surface area contributed by atoms with Gasteiger partial charge in [-0.3, -0.25) is 0 Å². The Balaban J connectivity index is 2.31. The van der Waals surface area contributed by atoms with E-state index in [1.807, 2.05) is 0 Å². The SMILES string of the molecule is C/C=C1/C=C(C)C=C(C2CC2)C1C. The lowest BCUT2D eigenvalue weighted by atomic mass is 9.83. The van der Waals surface area contributed by atoms with E-state index >= 15 is 0 Å². The van der Waals surface area contributed by atoms with Gasteiger partial charge in [-0.1, -0.05) is 36.3 Å². The van der Waals surface area contributed by atoms with Crippen molar-refractivity contribution >= 4 is 0 Å². The van der Waals surface area contributed by atoms with Gasteiger partial charge in [-0.05, 0) is 38.2 Å². The molecule has 0 aliphatic heterocycles. The van der Waals surface area contributed by atoms with Crippen LogP contribution in [0.2, 0.25) is 0 Å². The van der Waals surface area contributed by atoms with E-state index in [2.05, 4.69) is 39.0 Å². The van der Waals surface area contributed by atoms with Gasteiger partial charge in [0.1, 0.15) is 0 Å². The van der Waals surface area contributed by atoms with Crippen molar-refractivity contribution in [3.05, 3.63) is 34.9 Å². The fraction of sp³-hybridized carbons (Fsp3) is 0.538. The first kappa shape index (κ1) is 8.80. The zero-order valence-corrected chi connectivity index (χ0v) is 8.80. The summed E-state index contributed by atoms with van der Waals surface area (Å²) in [5.41, 5.74) is 4.60. The molecular weight excluding hydrogens is 156 g/mol. The smallest absolute Gasteiger partial charge is 0.00226 e. The topological polar surface area (TPSA) is 0 Å². The zero-order chi connectivity index (χ0) is 9.42. The molecule has 0 N–H and O–H groups in total. The summed E-state index contributed by atoms with van der Waals surface area (Å²) in [6.07, 6.45) is 9.80. The quantitative estimate of drug-likeness (QED) is 0.566. The van der Waals surface area contributed by atoms with Crippen molar-refractivity contribution in [2.24, 2.45) is 11.8 Å². The second-order valence-electron chi connectivity index (χ2n) is 4.32. The molecule has 2 rings (SSSR count). The van der Waals surface area contributed by atoms with Crippen LogP contribution in [0, 0.1) is 11.8 Å². The second kappa shape index (κ2) is 3.17. The largest absolute Gasteiger partial charge is 0.0838 e. The maximum Gasteiger partial charge on any atom is 0.00226 e. The van der Waals surface area contributed by atoms with Gasteiger partial charge in [-0.25, -0.2) is 0 Å². The van der Waals surface area contributed by atoms with Crippen molar-refractivity contribution in [1.82, 2.24) is 0 Å². The molecule has 0 radical (unpaired) electrons. The molecule has 0 heterocycles.